The number of carbonyl (C=O) groups excluding carboxylic acids is 1. The SMILES string of the molecule is Cc1cc([C@H](C)O)ccc1OCC(=O)NC(C)C(C)C. The molecule has 1 unspecified atom stereocenters. The lowest BCUT2D eigenvalue weighted by atomic mass is 10.1. The molecular weight excluding hydrogens is 254 g/mol. The molecule has 0 heterocycles. The minimum absolute atomic E-state index is 0.00588. The highest BCUT2D eigenvalue weighted by atomic mass is 16.5. The van der Waals surface area contributed by atoms with Gasteiger partial charge in [0.05, 0.1) is 6.10 Å². The number of hydrogen-bond acceptors (Lipinski definition) is 3. The molecule has 0 fully saturated rings. The maximum Gasteiger partial charge on any atom is 0.258 e. The predicted octanol–water partition coefficient (Wildman–Crippen LogP) is 2.59. The van der Waals surface area contributed by atoms with Crippen LogP contribution in [0.2, 0.25) is 0 Å². The molecule has 0 radical (unpaired) electrons. The fourth-order valence-electron chi connectivity index (χ4n) is 1.70. The van der Waals surface area contributed by atoms with E-state index in [1.54, 1.807) is 13.0 Å². The third-order valence-corrected chi connectivity index (χ3v) is 3.43. The van der Waals surface area contributed by atoms with Crippen molar-refractivity contribution < 1.29 is 14.6 Å². The number of rotatable bonds is 6. The van der Waals surface area contributed by atoms with Gasteiger partial charge in [-0.05, 0) is 49.9 Å². The Hall–Kier alpha value is -1.55. The van der Waals surface area contributed by atoms with Crippen molar-refractivity contribution in [1.82, 2.24) is 5.32 Å². The van der Waals surface area contributed by atoms with Crippen LogP contribution in [-0.2, 0) is 4.79 Å². The van der Waals surface area contributed by atoms with Gasteiger partial charge in [0.2, 0.25) is 0 Å². The summed E-state index contributed by atoms with van der Waals surface area (Å²) in [5.74, 6) is 0.943. The van der Waals surface area contributed by atoms with Crippen molar-refractivity contribution in [3.63, 3.8) is 0 Å². The van der Waals surface area contributed by atoms with E-state index in [2.05, 4.69) is 19.2 Å². The Morgan fingerprint density at radius 1 is 1.30 bits per heavy atom. The molecule has 1 aromatic rings. The Kier molecular flexibility index (Phi) is 6.02. The lowest BCUT2D eigenvalue weighted by Crippen LogP contribution is -2.39. The molecule has 4 nitrogen and oxygen atoms in total. The standard InChI is InChI=1S/C16H25NO3/c1-10(2)12(4)17-16(19)9-20-15-7-6-14(13(5)18)8-11(15)3/h6-8,10,12-13,18H,9H2,1-5H3,(H,17,19)/t12?,13-/m0/s1. The van der Waals surface area contributed by atoms with Crippen molar-refractivity contribution in [2.75, 3.05) is 6.61 Å². The van der Waals surface area contributed by atoms with Gasteiger partial charge in [-0.15, -0.1) is 0 Å². The second kappa shape index (κ2) is 7.29. The largest absolute Gasteiger partial charge is 0.484 e. The molecule has 20 heavy (non-hydrogen) atoms. The van der Waals surface area contributed by atoms with Crippen molar-refractivity contribution >= 4 is 5.91 Å². The Bertz CT molecular complexity index is 455. The third-order valence-electron chi connectivity index (χ3n) is 3.43. The summed E-state index contributed by atoms with van der Waals surface area (Å²) in [5.41, 5.74) is 1.75. The maximum absolute atomic E-state index is 11.7. The van der Waals surface area contributed by atoms with E-state index < -0.39 is 6.10 Å². The monoisotopic (exact) mass is 279 g/mol. The van der Waals surface area contributed by atoms with E-state index >= 15 is 0 Å². The van der Waals surface area contributed by atoms with Gasteiger partial charge >= 0.3 is 0 Å². The van der Waals surface area contributed by atoms with Crippen LogP contribution in [-0.4, -0.2) is 23.7 Å². The zero-order chi connectivity index (χ0) is 15.3. The predicted molar refractivity (Wildman–Crippen MR) is 79.8 cm³/mol. The third kappa shape index (κ3) is 4.85. The van der Waals surface area contributed by atoms with E-state index in [0.717, 1.165) is 11.1 Å². The van der Waals surface area contributed by atoms with Gasteiger partial charge in [0.25, 0.3) is 5.91 Å². The molecule has 0 spiro atoms. The molecule has 2 atom stereocenters. The van der Waals surface area contributed by atoms with Gasteiger partial charge in [0, 0.05) is 6.04 Å². The van der Waals surface area contributed by atoms with E-state index in [9.17, 15) is 9.90 Å². The molecule has 0 aliphatic carbocycles. The molecule has 4 heteroatoms. The highest BCUT2D eigenvalue weighted by Gasteiger charge is 2.12. The van der Waals surface area contributed by atoms with Crippen molar-refractivity contribution in [1.29, 1.82) is 0 Å². The van der Waals surface area contributed by atoms with Crippen LogP contribution in [0.15, 0.2) is 18.2 Å². The molecule has 0 bridgehead atoms. The van der Waals surface area contributed by atoms with Crippen LogP contribution in [0.3, 0.4) is 0 Å². The Morgan fingerprint density at radius 2 is 1.95 bits per heavy atom. The number of nitrogens with one attached hydrogen (secondary N) is 1. The average molecular weight is 279 g/mol. The lowest BCUT2D eigenvalue weighted by Gasteiger charge is -2.18. The van der Waals surface area contributed by atoms with Crippen molar-refractivity contribution in [2.45, 2.75) is 46.8 Å². The fraction of sp³-hybridized carbons (Fsp3) is 0.562. The number of aryl methyl sites for hydroxylation is 1. The molecule has 112 valence electrons. The molecule has 0 aromatic heterocycles. The van der Waals surface area contributed by atoms with Crippen molar-refractivity contribution in [2.24, 2.45) is 5.92 Å². The number of amides is 1. The highest BCUT2D eigenvalue weighted by Crippen LogP contribution is 2.22. The smallest absolute Gasteiger partial charge is 0.258 e. The average Bonchev–Trinajstić information content (AvgIpc) is 2.36. The number of hydrogen-bond donors (Lipinski definition) is 2. The first-order valence-electron chi connectivity index (χ1n) is 7.02. The van der Waals surface area contributed by atoms with Gasteiger partial charge in [-0.25, -0.2) is 0 Å². The number of ether oxygens (including phenoxy) is 1. The van der Waals surface area contributed by atoms with Crippen LogP contribution in [0.1, 0.15) is 44.9 Å². The molecule has 1 rings (SSSR count). The highest BCUT2D eigenvalue weighted by molar-refractivity contribution is 5.77. The topological polar surface area (TPSA) is 58.6 Å². The van der Waals surface area contributed by atoms with Gasteiger partial charge in [0.1, 0.15) is 5.75 Å². The van der Waals surface area contributed by atoms with E-state index in [0.29, 0.717) is 11.7 Å². The first-order valence-corrected chi connectivity index (χ1v) is 7.02. The zero-order valence-electron chi connectivity index (χ0n) is 12.9. The summed E-state index contributed by atoms with van der Waals surface area (Å²) in [5, 5.41) is 12.4. The van der Waals surface area contributed by atoms with E-state index in [1.807, 2.05) is 26.0 Å². The van der Waals surface area contributed by atoms with Gasteiger partial charge in [0.15, 0.2) is 6.61 Å². The molecular formula is C16H25NO3. The lowest BCUT2D eigenvalue weighted by molar-refractivity contribution is -0.124. The van der Waals surface area contributed by atoms with E-state index in [-0.39, 0.29) is 18.6 Å². The molecule has 2 N–H and O–H groups in total. The summed E-state index contributed by atoms with van der Waals surface area (Å²) in [7, 11) is 0. The first-order chi connectivity index (χ1) is 9.31. The number of aliphatic hydroxyl groups excluding tert-OH is 1. The molecule has 1 amide bonds. The molecule has 0 saturated carbocycles. The summed E-state index contributed by atoms with van der Waals surface area (Å²) in [6.45, 7) is 9.72. The molecule has 0 aliphatic rings. The number of aliphatic hydroxyl groups is 1. The molecule has 0 aliphatic heterocycles. The van der Waals surface area contributed by atoms with Gasteiger partial charge in [-0.1, -0.05) is 19.9 Å². The van der Waals surface area contributed by atoms with Crippen LogP contribution in [0.4, 0.5) is 0 Å². The maximum atomic E-state index is 11.7. The van der Waals surface area contributed by atoms with Crippen LogP contribution >= 0.6 is 0 Å². The molecule has 0 saturated heterocycles. The summed E-state index contributed by atoms with van der Waals surface area (Å²) >= 11 is 0. The molecule has 1 aromatic carbocycles. The van der Waals surface area contributed by atoms with Crippen LogP contribution < -0.4 is 10.1 Å². The normalized spacial score (nSPS) is 13.9. The van der Waals surface area contributed by atoms with Gasteiger partial charge in [-0.2, -0.15) is 0 Å². The van der Waals surface area contributed by atoms with Crippen LogP contribution in [0.5, 0.6) is 5.75 Å². The van der Waals surface area contributed by atoms with Crippen molar-refractivity contribution in [3.8, 4) is 5.75 Å². The number of benzene rings is 1. The fourth-order valence-corrected chi connectivity index (χ4v) is 1.70. The van der Waals surface area contributed by atoms with E-state index in [1.165, 1.54) is 0 Å². The summed E-state index contributed by atoms with van der Waals surface area (Å²) < 4.78 is 5.52. The quantitative estimate of drug-likeness (QED) is 0.841. The Balaban J connectivity index is 2.56. The first kappa shape index (κ1) is 16.5. The van der Waals surface area contributed by atoms with Gasteiger partial charge in [-0.3, -0.25) is 4.79 Å². The minimum atomic E-state index is -0.502. The van der Waals surface area contributed by atoms with Crippen molar-refractivity contribution in [3.05, 3.63) is 29.3 Å². The second-order valence-electron chi connectivity index (χ2n) is 5.59. The summed E-state index contributed by atoms with van der Waals surface area (Å²) in [6, 6.07) is 5.59. The Labute approximate surface area is 121 Å². The summed E-state index contributed by atoms with van der Waals surface area (Å²) in [4.78, 5) is 11.7. The Morgan fingerprint density at radius 3 is 2.45 bits per heavy atom. The number of carbonyl (C=O) groups is 1. The minimum Gasteiger partial charge on any atom is -0.484 e. The van der Waals surface area contributed by atoms with Crippen LogP contribution in [0.25, 0.3) is 0 Å². The van der Waals surface area contributed by atoms with E-state index in [4.69, 9.17) is 4.74 Å². The second-order valence-corrected chi connectivity index (χ2v) is 5.59. The van der Waals surface area contributed by atoms with Crippen LogP contribution in [0, 0.1) is 12.8 Å². The van der Waals surface area contributed by atoms with Gasteiger partial charge < -0.3 is 15.2 Å². The summed E-state index contributed by atoms with van der Waals surface area (Å²) in [6.07, 6.45) is -0.502. The zero-order valence-corrected chi connectivity index (χ0v) is 12.9.